The third-order valence-electron chi connectivity index (χ3n) is 4.03. The molecular formula is C18H18O4. The van der Waals surface area contributed by atoms with E-state index in [0.717, 1.165) is 22.3 Å². The van der Waals surface area contributed by atoms with Crippen LogP contribution in [-0.2, 0) is 6.42 Å². The van der Waals surface area contributed by atoms with Gasteiger partial charge in [-0.05, 0) is 23.6 Å². The topological polar surface area (TPSA) is 44.8 Å². The summed E-state index contributed by atoms with van der Waals surface area (Å²) < 4.78 is 16.5. The summed E-state index contributed by atoms with van der Waals surface area (Å²) in [5, 5.41) is 0. The van der Waals surface area contributed by atoms with Gasteiger partial charge < -0.3 is 14.2 Å². The molecule has 0 fully saturated rings. The molecule has 0 spiro atoms. The molecule has 0 amide bonds. The fourth-order valence-electron chi connectivity index (χ4n) is 3.03. The van der Waals surface area contributed by atoms with Crippen molar-refractivity contribution in [3.63, 3.8) is 0 Å². The molecule has 0 radical (unpaired) electrons. The number of rotatable bonds is 3. The van der Waals surface area contributed by atoms with E-state index in [1.807, 2.05) is 30.3 Å². The minimum Gasteiger partial charge on any atom is -0.493 e. The normalized spacial score (nSPS) is 13.0. The van der Waals surface area contributed by atoms with Crippen molar-refractivity contribution in [1.82, 2.24) is 0 Å². The van der Waals surface area contributed by atoms with Gasteiger partial charge in [0, 0.05) is 17.5 Å². The number of carbonyl (C=O) groups is 1. The number of fused-ring (bicyclic) bond motifs is 3. The summed E-state index contributed by atoms with van der Waals surface area (Å²) in [4.78, 5) is 12.4. The fraction of sp³-hybridized carbons (Fsp3) is 0.278. The summed E-state index contributed by atoms with van der Waals surface area (Å²) in [5.74, 6) is 1.92. The number of benzene rings is 2. The minimum atomic E-state index is 0.145. The molecule has 0 heterocycles. The maximum atomic E-state index is 12.4. The van der Waals surface area contributed by atoms with Gasteiger partial charge in [-0.1, -0.05) is 24.3 Å². The molecule has 0 saturated heterocycles. The van der Waals surface area contributed by atoms with Gasteiger partial charge >= 0.3 is 0 Å². The van der Waals surface area contributed by atoms with Crippen LogP contribution < -0.4 is 14.2 Å². The van der Waals surface area contributed by atoms with Crippen molar-refractivity contribution in [2.75, 3.05) is 21.3 Å². The van der Waals surface area contributed by atoms with Gasteiger partial charge in [-0.15, -0.1) is 0 Å². The number of hydrogen-bond donors (Lipinski definition) is 0. The lowest BCUT2D eigenvalue weighted by molar-refractivity contribution is 0.0984. The number of aryl methyl sites for hydroxylation is 1. The maximum Gasteiger partial charge on any atom is 0.203 e. The van der Waals surface area contributed by atoms with Crippen molar-refractivity contribution in [3.05, 3.63) is 41.5 Å². The molecule has 0 unspecified atom stereocenters. The quantitative estimate of drug-likeness (QED) is 0.870. The Morgan fingerprint density at radius 2 is 1.55 bits per heavy atom. The molecule has 22 heavy (non-hydrogen) atoms. The van der Waals surface area contributed by atoms with Gasteiger partial charge in [0.2, 0.25) is 5.75 Å². The Labute approximate surface area is 129 Å². The first-order valence-electron chi connectivity index (χ1n) is 7.15. The lowest BCUT2D eigenvalue weighted by Crippen LogP contribution is -2.00. The second-order valence-electron chi connectivity index (χ2n) is 5.15. The van der Waals surface area contributed by atoms with Crippen molar-refractivity contribution in [2.24, 2.45) is 0 Å². The molecule has 114 valence electrons. The van der Waals surface area contributed by atoms with Gasteiger partial charge in [-0.25, -0.2) is 0 Å². The zero-order chi connectivity index (χ0) is 15.7. The van der Waals surface area contributed by atoms with Crippen LogP contribution in [0.1, 0.15) is 22.3 Å². The van der Waals surface area contributed by atoms with Crippen molar-refractivity contribution < 1.29 is 19.0 Å². The Morgan fingerprint density at radius 1 is 0.864 bits per heavy atom. The molecule has 0 bridgehead atoms. The summed E-state index contributed by atoms with van der Waals surface area (Å²) in [7, 11) is 4.78. The van der Waals surface area contributed by atoms with Gasteiger partial charge in [0.05, 0.1) is 21.3 Å². The summed E-state index contributed by atoms with van der Waals surface area (Å²) in [6.45, 7) is 0. The SMILES string of the molecule is COc1cc2c(c(OC)c1OC)-c1ccccc1C(=O)CC2. The van der Waals surface area contributed by atoms with Crippen LogP contribution >= 0.6 is 0 Å². The van der Waals surface area contributed by atoms with Crippen LogP contribution in [0.25, 0.3) is 11.1 Å². The number of ketones is 1. The Balaban J connectivity index is 2.38. The molecule has 4 heteroatoms. The van der Waals surface area contributed by atoms with E-state index in [0.29, 0.717) is 30.1 Å². The molecule has 0 saturated carbocycles. The minimum absolute atomic E-state index is 0.145. The number of ether oxygens (including phenoxy) is 3. The molecule has 0 atom stereocenters. The van der Waals surface area contributed by atoms with Gasteiger partial charge in [0.1, 0.15) is 0 Å². The molecule has 0 aromatic heterocycles. The lowest BCUT2D eigenvalue weighted by Gasteiger charge is -2.19. The highest BCUT2D eigenvalue weighted by Crippen LogP contribution is 2.48. The predicted octanol–water partition coefficient (Wildman–Crippen LogP) is 3.51. The van der Waals surface area contributed by atoms with Gasteiger partial charge in [0.25, 0.3) is 0 Å². The van der Waals surface area contributed by atoms with Crippen LogP contribution in [0.3, 0.4) is 0 Å². The van der Waals surface area contributed by atoms with Crippen molar-refractivity contribution in [3.8, 4) is 28.4 Å². The summed E-state index contributed by atoms with van der Waals surface area (Å²) in [5.41, 5.74) is 3.57. The van der Waals surface area contributed by atoms with Crippen molar-refractivity contribution in [2.45, 2.75) is 12.8 Å². The van der Waals surface area contributed by atoms with Crippen LogP contribution in [-0.4, -0.2) is 27.1 Å². The highest BCUT2D eigenvalue weighted by molar-refractivity contribution is 6.05. The molecule has 1 aliphatic carbocycles. The van der Waals surface area contributed by atoms with Gasteiger partial charge in [0.15, 0.2) is 17.3 Å². The van der Waals surface area contributed by atoms with Crippen LogP contribution in [0, 0.1) is 0 Å². The third kappa shape index (κ3) is 2.11. The van der Waals surface area contributed by atoms with E-state index in [4.69, 9.17) is 14.2 Å². The van der Waals surface area contributed by atoms with E-state index in [-0.39, 0.29) is 5.78 Å². The predicted molar refractivity (Wildman–Crippen MR) is 84.2 cm³/mol. The number of methoxy groups -OCH3 is 3. The number of carbonyl (C=O) groups excluding carboxylic acids is 1. The van der Waals surface area contributed by atoms with Crippen LogP contribution in [0.15, 0.2) is 30.3 Å². The number of Topliss-reactive ketones (excluding diaryl/α,β-unsaturated/α-hetero) is 1. The van der Waals surface area contributed by atoms with Crippen molar-refractivity contribution in [1.29, 1.82) is 0 Å². The summed E-state index contributed by atoms with van der Waals surface area (Å²) >= 11 is 0. The largest absolute Gasteiger partial charge is 0.493 e. The zero-order valence-corrected chi connectivity index (χ0v) is 12.9. The van der Waals surface area contributed by atoms with E-state index < -0.39 is 0 Å². The standard InChI is InChI=1S/C18H18O4/c1-20-15-10-11-8-9-14(19)12-6-4-5-7-13(12)16(11)18(22-3)17(15)21-2/h4-7,10H,8-9H2,1-3H3. The van der Waals surface area contributed by atoms with Crippen LogP contribution in [0.2, 0.25) is 0 Å². The average molecular weight is 298 g/mol. The summed E-state index contributed by atoms with van der Waals surface area (Å²) in [6, 6.07) is 9.56. The second kappa shape index (κ2) is 5.72. The second-order valence-corrected chi connectivity index (χ2v) is 5.15. The molecule has 2 aromatic rings. The van der Waals surface area contributed by atoms with E-state index in [2.05, 4.69) is 0 Å². The zero-order valence-electron chi connectivity index (χ0n) is 12.9. The molecule has 0 N–H and O–H groups in total. The Morgan fingerprint density at radius 3 is 2.18 bits per heavy atom. The average Bonchev–Trinajstić information content (AvgIpc) is 2.70. The van der Waals surface area contributed by atoms with Crippen LogP contribution in [0.5, 0.6) is 17.2 Å². The van der Waals surface area contributed by atoms with E-state index in [1.54, 1.807) is 21.3 Å². The Hall–Kier alpha value is -2.49. The Bertz CT molecular complexity index is 734. The molecular weight excluding hydrogens is 280 g/mol. The summed E-state index contributed by atoms with van der Waals surface area (Å²) in [6.07, 6.45) is 1.13. The van der Waals surface area contributed by atoms with Gasteiger partial charge in [-0.2, -0.15) is 0 Å². The van der Waals surface area contributed by atoms with Crippen molar-refractivity contribution >= 4 is 5.78 Å². The molecule has 0 aliphatic heterocycles. The lowest BCUT2D eigenvalue weighted by atomic mass is 9.94. The molecule has 4 nitrogen and oxygen atoms in total. The fourth-order valence-corrected chi connectivity index (χ4v) is 3.03. The smallest absolute Gasteiger partial charge is 0.203 e. The van der Waals surface area contributed by atoms with Gasteiger partial charge in [-0.3, -0.25) is 4.79 Å². The highest BCUT2D eigenvalue weighted by atomic mass is 16.5. The molecule has 1 aliphatic rings. The van der Waals surface area contributed by atoms with Crippen LogP contribution in [0.4, 0.5) is 0 Å². The third-order valence-corrected chi connectivity index (χ3v) is 4.03. The van der Waals surface area contributed by atoms with E-state index in [1.165, 1.54) is 0 Å². The molecule has 3 rings (SSSR count). The van der Waals surface area contributed by atoms with E-state index in [9.17, 15) is 4.79 Å². The maximum absolute atomic E-state index is 12.4. The van der Waals surface area contributed by atoms with E-state index >= 15 is 0 Å². The first-order chi connectivity index (χ1) is 10.7. The highest BCUT2D eigenvalue weighted by Gasteiger charge is 2.27. The Kier molecular flexibility index (Phi) is 3.75. The first-order valence-corrected chi connectivity index (χ1v) is 7.15. The molecule has 2 aromatic carbocycles. The monoisotopic (exact) mass is 298 g/mol. The first kappa shape index (κ1) is 14.4. The number of hydrogen-bond acceptors (Lipinski definition) is 4.